The number of nitriles is 1. The van der Waals surface area contributed by atoms with Crippen molar-refractivity contribution in [2.45, 2.75) is 43.2 Å². The summed E-state index contributed by atoms with van der Waals surface area (Å²) < 4.78 is 13.1. The van der Waals surface area contributed by atoms with Crippen molar-refractivity contribution < 1.29 is 9.18 Å². The van der Waals surface area contributed by atoms with E-state index in [1.807, 2.05) is 0 Å². The number of benzene rings is 2. The van der Waals surface area contributed by atoms with Crippen LogP contribution in [-0.2, 0) is 0 Å². The quantitative estimate of drug-likeness (QED) is 0.649. The molecule has 0 aromatic heterocycles. The summed E-state index contributed by atoms with van der Waals surface area (Å²) in [5.74, 6) is 0.938. The highest BCUT2D eigenvalue weighted by Gasteiger charge is 2.46. The van der Waals surface area contributed by atoms with Crippen molar-refractivity contribution in [1.29, 1.82) is 5.26 Å². The number of urea groups is 1. The van der Waals surface area contributed by atoms with E-state index >= 15 is 0 Å². The lowest BCUT2D eigenvalue weighted by Crippen LogP contribution is -2.65. The predicted octanol–water partition coefficient (Wildman–Crippen LogP) is 4.18. The van der Waals surface area contributed by atoms with Crippen LogP contribution in [0.1, 0.15) is 37.2 Å². The Hall–Kier alpha value is -2.95. The van der Waals surface area contributed by atoms with Gasteiger partial charge < -0.3 is 15.5 Å². The molecule has 3 fully saturated rings. The van der Waals surface area contributed by atoms with Crippen LogP contribution < -0.4 is 10.6 Å². The second kappa shape index (κ2) is 9.73. The molecule has 34 heavy (non-hydrogen) atoms. The maximum Gasteiger partial charge on any atom is 0.321 e. The lowest BCUT2D eigenvalue weighted by molar-refractivity contribution is -0.0425. The number of amides is 2. The number of nitrogens with zero attached hydrogens (tertiary/aromatic N) is 3. The Morgan fingerprint density at radius 3 is 2.47 bits per heavy atom. The molecule has 3 aliphatic rings. The van der Waals surface area contributed by atoms with E-state index in [0.29, 0.717) is 43.1 Å². The lowest BCUT2D eigenvalue weighted by Gasteiger charge is -2.54. The fourth-order valence-electron chi connectivity index (χ4n) is 5.51. The molecule has 2 aliphatic heterocycles. The SMILES string of the molecule is N#CCC1(N2CC(CN[C@@H]3C[C@H]3c3ccccc3)C2)CCN(C(=O)Nc2ccc(F)cc2)CC1. The van der Waals surface area contributed by atoms with Crippen molar-refractivity contribution in [3.63, 3.8) is 0 Å². The van der Waals surface area contributed by atoms with Crippen molar-refractivity contribution in [3.05, 3.63) is 66.0 Å². The minimum Gasteiger partial charge on any atom is -0.324 e. The summed E-state index contributed by atoms with van der Waals surface area (Å²) in [6.07, 6.45) is 3.32. The molecule has 178 valence electrons. The van der Waals surface area contributed by atoms with Crippen molar-refractivity contribution in [1.82, 2.24) is 15.1 Å². The van der Waals surface area contributed by atoms with Crippen LogP contribution in [0.25, 0.3) is 0 Å². The summed E-state index contributed by atoms with van der Waals surface area (Å²) >= 11 is 0. The molecule has 1 aliphatic carbocycles. The molecule has 0 radical (unpaired) electrons. The number of halogens is 1. The van der Waals surface area contributed by atoms with Gasteiger partial charge >= 0.3 is 6.03 Å². The van der Waals surface area contributed by atoms with E-state index in [2.05, 4.69) is 51.9 Å². The highest BCUT2D eigenvalue weighted by atomic mass is 19.1. The van der Waals surface area contributed by atoms with Gasteiger partial charge in [0.25, 0.3) is 0 Å². The molecule has 0 unspecified atom stereocenters. The Bertz CT molecular complexity index is 1020. The second-order valence-electron chi connectivity index (χ2n) is 10.0. The van der Waals surface area contributed by atoms with Crippen LogP contribution in [0.3, 0.4) is 0 Å². The highest BCUT2D eigenvalue weighted by Crippen LogP contribution is 2.41. The lowest BCUT2D eigenvalue weighted by atomic mass is 9.79. The second-order valence-corrected chi connectivity index (χ2v) is 10.0. The summed E-state index contributed by atoms with van der Waals surface area (Å²) in [7, 11) is 0. The molecule has 2 aromatic rings. The number of anilines is 1. The number of hydrogen-bond acceptors (Lipinski definition) is 4. The van der Waals surface area contributed by atoms with Gasteiger partial charge in [0.2, 0.25) is 0 Å². The van der Waals surface area contributed by atoms with E-state index in [9.17, 15) is 14.4 Å². The average molecular weight is 462 g/mol. The van der Waals surface area contributed by atoms with Crippen LogP contribution in [0, 0.1) is 23.1 Å². The van der Waals surface area contributed by atoms with Gasteiger partial charge in [-0.05, 0) is 55.0 Å². The zero-order valence-corrected chi connectivity index (χ0v) is 19.4. The Morgan fingerprint density at radius 1 is 1.09 bits per heavy atom. The predicted molar refractivity (Wildman–Crippen MR) is 130 cm³/mol. The highest BCUT2D eigenvalue weighted by molar-refractivity contribution is 5.89. The van der Waals surface area contributed by atoms with Gasteiger partial charge in [0, 0.05) is 55.9 Å². The molecule has 2 amide bonds. The van der Waals surface area contributed by atoms with E-state index < -0.39 is 0 Å². The molecule has 6 nitrogen and oxygen atoms in total. The van der Waals surface area contributed by atoms with Gasteiger partial charge in [0.15, 0.2) is 0 Å². The zero-order chi connectivity index (χ0) is 23.5. The summed E-state index contributed by atoms with van der Waals surface area (Å²) in [4.78, 5) is 16.9. The van der Waals surface area contributed by atoms with E-state index in [-0.39, 0.29) is 17.4 Å². The van der Waals surface area contributed by atoms with Crippen molar-refractivity contribution in [3.8, 4) is 6.07 Å². The fraction of sp³-hybridized carbons (Fsp3) is 0.481. The topological polar surface area (TPSA) is 71.4 Å². The Balaban J connectivity index is 1.07. The van der Waals surface area contributed by atoms with E-state index in [0.717, 1.165) is 32.5 Å². The smallest absolute Gasteiger partial charge is 0.321 e. The van der Waals surface area contributed by atoms with Crippen LogP contribution in [0.2, 0.25) is 0 Å². The third-order valence-electron chi connectivity index (χ3n) is 7.80. The standard InChI is InChI=1S/C27H32FN5O/c28-22-6-8-23(9-7-22)31-26(34)32-14-11-27(10-13-29,12-15-32)33-18-20(19-33)17-30-25-16-24(25)21-4-2-1-3-5-21/h1-9,20,24-25,30H,10-12,14-19H2,(H,31,34)/t24-,25+/m0/s1. The van der Waals surface area contributed by atoms with Crippen molar-refractivity contribution in [2.24, 2.45) is 5.92 Å². The third kappa shape index (κ3) is 4.94. The number of piperidine rings is 1. The average Bonchev–Trinajstić information content (AvgIpc) is 3.60. The maximum atomic E-state index is 13.1. The summed E-state index contributed by atoms with van der Waals surface area (Å²) in [6.45, 7) is 4.29. The fourth-order valence-corrected chi connectivity index (χ4v) is 5.51. The van der Waals surface area contributed by atoms with Crippen LogP contribution in [0.15, 0.2) is 54.6 Å². The molecule has 2 heterocycles. The van der Waals surface area contributed by atoms with Crippen molar-refractivity contribution >= 4 is 11.7 Å². The molecule has 2 N–H and O–H groups in total. The van der Waals surface area contributed by atoms with Gasteiger partial charge in [-0.25, -0.2) is 9.18 Å². The zero-order valence-electron chi connectivity index (χ0n) is 19.4. The van der Waals surface area contributed by atoms with E-state index in [1.165, 1.54) is 24.1 Å². The molecule has 2 aromatic carbocycles. The number of carbonyl (C=O) groups excluding carboxylic acids is 1. The van der Waals surface area contributed by atoms with Gasteiger partial charge in [-0.3, -0.25) is 4.90 Å². The summed E-state index contributed by atoms with van der Waals surface area (Å²) in [6, 6.07) is 19.4. The number of hydrogen-bond donors (Lipinski definition) is 2. The molecular formula is C27H32FN5O. The van der Waals surface area contributed by atoms with Crippen LogP contribution in [0.5, 0.6) is 0 Å². The first-order valence-corrected chi connectivity index (χ1v) is 12.3. The first-order valence-electron chi connectivity index (χ1n) is 12.3. The van der Waals surface area contributed by atoms with Gasteiger partial charge in [-0.2, -0.15) is 5.26 Å². The van der Waals surface area contributed by atoms with Gasteiger partial charge in [0.05, 0.1) is 12.5 Å². The summed E-state index contributed by atoms with van der Waals surface area (Å²) in [5.41, 5.74) is 1.88. The molecule has 2 saturated heterocycles. The minimum absolute atomic E-state index is 0.135. The van der Waals surface area contributed by atoms with Gasteiger partial charge in [-0.15, -0.1) is 0 Å². The number of carbonyl (C=O) groups is 1. The molecule has 7 heteroatoms. The minimum atomic E-state index is -0.326. The Labute approximate surface area is 200 Å². The van der Waals surface area contributed by atoms with Gasteiger partial charge in [0.1, 0.15) is 5.82 Å². The third-order valence-corrected chi connectivity index (χ3v) is 7.80. The van der Waals surface area contributed by atoms with E-state index in [4.69, 9.17) is 0 Å². The molecule has 2 atom stereocenters. The largest absolute Gasteiger partial charge is 0.324 e. The summed E-state index contributed by atoms with van der Waals surface area (Å²) in [5, 5.41) is 16.1. The number of likely N-dealkylation sites (tertiary alicyclic amines) is 2. The Morgan fingerprint density at radius 2 is 1.79 bits per heavy atom. The molecule has 0 spiro atoms. The van der Waals surface area contributed by atoms with Crippen molar-refractivity contribution in [2.75, 3.05) is 38.0 Å². The molecule has 5 rings (SSSR count). The number of nitrogens with one attached hydrogen (secondary N) is 2. The van der Waals surface area contributed by atoms with Gasteiger partial charge in [-0.1, -0.05) is 30.3 Å². The molecular weight excluding hydrogens is 429 g/mol. The maximum absolute atomic E-state index is 13.1. The molecule has 0 bridgehead atoms. The van der Waals surface area contributed by atoms with Crippen LogP contribution in [0.4, 0.5) is 14.9 Å². The number of rotatable bonds is 7. The normalized spacial score (nSPS) is 24.2. The Kier molecular flexibility index (Phi) is 6.53. The van der Waals surface area contributed by atoms with Crippen LogP contribution in [-0.4, -0.2) is 60.1 Å². The van der Waals surface area contributed by atoms with Crippen LogP contribution >= 0.6 is 0 Å². The monoisotopic (exact) mass is 461 g/mol. The van der Waals surface area contributed by atoms with E-state index in [1.54, 1.807) is 17.0 Å². The first kappa shape index (κ1) is 22.8. The molecule has 1 saturated carbocycles. The first-order chi connectivity index (χ1) is 16.6.